The number of amides is 2. The topological polar surface area (TPSA) is 154 Å². The maximum absolute atomic E-state index is 12.6. The van der Waals surface area contributed by atoms with Crippen molar-refractivity contribution in [1.82, 2.24) is 5.32 Å². The number of nitro benzene ring substituents is 1. The summed E-state index contributed by atoms with van der Waals surface area (Å²) in [5.41, 5.74) is -0.0575. The summed E-state index contributed by atoms with van der Waals surface area (Å²) in [5.74, 6) is -3.40. The molecule has 0 aromatic heterocycles. The van der Waals surface area contributed by atoms with Crippen LogP contribution in [-0.2, 0) is 19.1 Å². The zero-order chi connectivity index (χ0) is 25.4. The average molecular weight is 492 g/mol. The molecular weight excluding hydrogens is 470 g/mol. The van der Waals surface area contributed by atoms with E-state index in [0.717, 1.165) is 12.1 Å². The number of hydrogen-bond acceptors (Lipinski definition) is 8. The molecule has 0 fully saturated rings. The Morgan fingerprint density at radius 2 is 1.76 bits per heavy atom. The first-order chi connectivity index (χ1) is 16.0. The summed E-state index contributed by atoms with van der Waals surface area (Å²) in [4.78, 5) is 59.3. The van der Waals surface area contributed by atoms with Crippen molar-refractivity contribution in [3.05, 3.63) is 68.7 Å². The van der Waals surface area contributed by atoms with Gasteiger partial charge in [0.2, 0.25) is 0 Å². The van der Waals surface area contributed by atoms with Crippen molar-refractivity contribution in [1.29, 1.82) is 0 Å². The lowest BCUT2D eigenvalue weighted by molar-refractivity contribution is -0.384. The lowest BCUT2D eigenvalue weighted by Gasteiger charge is -2.21. The second-order valence-electron chi connectivity index (χ2n) is 7.31. The number of anilines is 1. The Labute approximate surface area is 199 Å². The maximum atomic E-state index is 12.6. The highest BCUT2D eigenvalue weighted by atomic mass is 35.5. The number of halogens is 1. The second-order valence-corrected chi connectivity index (χ2v) is 7.72. The van der Waals surface area contributed by atoms with Gasteiger partial charge in [-0.05, 0) is 24.1 Å². The molecular formula is C22H22ClN3O8. The number of hydrogen-bond donors (Lipinski definition) is 2. The molecule has 2 aromatic rings. The first-order valence-electron chi connectivity index (χ1n) is 9.93. The maximum Gasteiger partial charge on any atom is 0.339 e. The molecule has 2 rings (SSSR count). The number of nitrogens with one attached hydrogen (secondary N) is 2. The van der Waals surface area contributed by atoms with Crippen LogP contribution in [0.1, 0.15) is 34.6 Å². The fourth-order valence-corrected chi connectivity index (χ4v) is 3.07. The van der Waals surface area contributed by atoms with Crippen LogP contribution in [0.15, 0.2) is 42.5 Å². The number of methoxy groups -OCH3 is 1. The van der Waals surface area contributed by atoms with E-state index >= 15 is 0 Å². The Kier molecular flexibility index (Phi) is 9.08. The number of carbonyl (C=O) groups excluding carboxylic acids is 4. The molecule has 0 heterocycles. The predicted molar refractivity (Wildman–Crippen MR) is 122 cm³/mol. The van der Waals surface area contributed by atoms with Crippen molar-refractivity contribution in [3.63, 3.8) is 0 Å². The van der Waals surface area contributed by atoms with E-state index in [1.165, 1.54) is 25.3 Å². The van der Waals surface area contributed by atoms with Crippen molar-refractivity contribution < 1.29 is 33.6 Å². The summed E-state index contributed by atoms with van der Waals surface area (Å²) in [6, 6.07) is 8.31. The summed E-state index contributed by atoms with van der Waals surface area (Å²) >= 11 is 5.97. The third-order valence-electron chi connectivity index (χ3n) is 4.57. The quantitative estimate of drug-likeness (QED) is 0.308. The van der Waals surface area contributed by atoms with Crippen molar-refractivity contribution in [3.8, 4) is 0 Å². The van der Waals surface area contributed by atoms with Crippen LogP contribution in [0.2, 0.25) is 5.02 Å². The van der Waals surface area contributed by atoms with Gasteiger partial charge in [-0.15, -0.1) is 0 Å². The number of nitrogens with zero attached hydrogens (tertiary/aromatic N) is 1. The van der Waals surface area contributed by atoms with Gasteiger partial charge in [0.05, 0.1) is 33.9 Å². The van der Waals surface area contributed by atoms with Crippen LogP contribution in [0.4, 0.5) is 11.4 Å². The summed E-state index contributed by atoms with van der Waals surface area (Å²) in [6.45, 7) is 2.62. The van der Waals surface area contributed by atoms with E-state index in [4.69, 9.17) is 16.3 Å². The van der Waals surface area contributed by atoms with Gasteiger partial charge >= 0.3 is 11.9 Å². The minimum absolute atomic E-state index is 0.0668. The van der Waals surface area contributed by atoms with E-state index < -0.39 is 47.2 Å². The van der Waals surface area contributed by atoms with Crippen molar-refractivity contribution in [2.24, 2.45) is 5.92 Å². The van der Waals surface area contributed by atoms with E-state index in [9.17, 15) is 29.3 Å². The van der Waals surface area contributed by atoms with Crippen LogP contribution in [0.3, 0.4) is 0 Å². The zero-order valence-electron chi connectivity index (χ0n) is 18.5. The molecule has 12 heteroatoms. The highest BCUT2D eigenvalue weighted by Gasteiger charge is 2.28. The lowest BCUT2D eigenvalue weighted by Crippen LogP contribution is -2.46. The third-order valence-corrected chi connectivity index (χ3v) is 4.88. The van der Waals surface area contributed by atoms with Crippen LogP contribution >= 0.6 is 11.6 Å². The number of rotatable bonds is 9. The van der Waals surface area contributed by atoms with Crippen molar-refractivity contribution in [2.45, 2.75) is 19.9 Å². The van der Waals surface area contributed by atoms with Gasteiger partial charge in [0.1, 0.15) is 6.04 Å². The highest BCUT2D eigenvalue weighted by molar-refractivity contribution is 6.34. The molecule has 2 aromatic carbocycles. The van der Waals surface area contributed by atoms with Gasteiger partial charge in [0, 0.05) is 12.1 Å². The first kappa shape index (κ1) is 26.3. The smallest absolute Gasteiger partial charge is 0.339 e. The van der Waals surface area contributed by atoms with Gasteiger partial charge in [-0.1, -0.05) is 37.6 Å². The molecule has 0 spiro atoms. The van der Waals surface area contributed by atoms with Crippen LogP contribution in [0.25, 0.3) is 0 Å². The Balaban J connectivity index is 2.03. The van der Waals surface area contributed by atoms with E-state index in [-0.39, 0.29) is 27.5 Å². The summed E-state index contributed by atoms with van der Waals surface area (Å²) in [5, 5.41) is 15.6. The SMILES string of the molecule is COC(=O)c1ccccc1NC(=O)COC(=O)[C@@H](NC(=O)c1ccc([N+](=O)[O-])cc1Cl)C(C)C. The molecule has 1 atom stereocenters. The molecule has 34 heavy (non-hydrogen) atoms. The number of esters is 2. The molecule has 0 radical (unpaired) electrons. The van der Waals surface area contributed by atoms with E-state index in [2.05, 4.69) is 15.4 Å². The summed E-state index contributed by atoms with van der Waals surface area (Å²) in [7, 11) is 1.20. The van der Waals surface area contributed by atoms with Crippen molar-refractivity contribution in [2.75, 3.05) is 19.0 Å². The molecule has 0 aliphatic carbocycles. The normalized spacial score (nSPS) is 11.3. The largest absolute Gasteiger partial charge is 0.465 e. The molecule has 0 saturated carbocycles. The average Bonchev–Trinajstić information content (AvgIpc) is 2.80. The molecule has 0 unspecified atom stereocenters. The molecule has 2 N–H and O–H groups in total. The minimum Gasteiger partial charge on any atom is -0.465 e. The van der Waals surface area contributed by atoms with Crippen LogP contribution in [0, 0.1) is 16.0 Å². The predicted octanol–water partition coefficient (Wildman–Crippen LogP) is 2.97. The minimum atomic E-state index is -1.13. The number of nitro groups is 1. The number of carbonyl (C=O) groups is 4. The Hall–Kier alpha value is -3.99. The monoisotopic (exact) mass is 491 g/mol. The molecule has 11 nitrogen and oxygen atoms in total. The van der Waals surface area contributed by atoms with Gasteiger partial charge in [-0.25, -0.2) is 9.59 Å². The number of benzene rings is 2. The number of para-hydroxylation sites is 1. The van der Waals surface area contributed by atoms with Gasteiger partial charge in [0.15, 0.2) is 6.61 Å². The first-order valence-corrected chi connectivity index (χ1v) is 10.3. The third kappa shape index (κ3) is 6.75. The molecule has 0 aliphatic heterocycles. The van der Waals surface area contributed by atoms with E-state index in [1.54, 1.807) is 26.0 Å². The van der Waals surface area contributed by atoms with Gasteiger partial charge in [0.25, 0.3) is 17.5 Å². The second kappa shape index (κ2) is 11.8. The zero-order valence-corrected chi connectivity index (χ0v) is 19.3. The van der Waals surface area contributed by atoms with E-state index in [1.807, 2.05) is 0 Å². The fraction of sp³-hybridized carbons (Fsp3) is 0.273. The van der Waals surface area contributed by atoms with E-state index in [0.29, 0.717) is 0 Å². The molecule has 0 aliphatic rings. The summed E-state index contributed by atoms with van der Waals surface area (Å²) < 4.78 is 9.70. The molecule has 180 valence electrons. The fourth-order valence-electron chi connectivity index (χ4n) is 2.81. The number of ether oxygens (including phenoxy) is 2. The number of non-ortho nitro benzene ring substituents is 1. The summed E-state index contributed by atoms with van der Waals surface area (Å²) in [6.07, 6.45) is 0. The van der Waals surface area contributed by atoms with Crippen LogP contribution in [0.5, 0.6) is 0 Å². The molecule has 2 amide bonds. The Morgan fingerprint density at radius 3 is 2.35 bits per heavy atom. The van der Waals surface area contributed by atoms with Crippen LogP contribution in [-0.4, -0.2) is 48.4 Å². The molecule has 0 saturated heterocycles. The Bertz CT molecular complexity index is 1120. The van der Waals surface area contributed by atoms with Gasteiger partial charge < -0.3 is 20.1 Å². The van der Waals surface area contributed by atoms with Gasteiger partial charge in [-0.2, -0.15) is 0 Å². The van der Waals surface area contributed by atoms with Crippen molar-refractivity contribution >= 4 is 46.7 Å². The van der Waals surface area contributed by atoms with Crippen LogP contribution < -0.4 is 10.6 Å². The standard InChI is InChI=1S/C22H22ClN3O8/c1-12(2)19(25-20(28)14-9-8-13(26(31)32)10-16(14)23)22(30)34-11-18(27)24-17-7-5-4-6-15(17)21(29)33-3/h4-10,12,19H,11H2,1-3H3,(H,24,27)(H,25,28)/t19-/m0/s1. The Morgan fingerprint density at radius 1 is 1.09 bits per heavy atom. The highest BCUT2D eigenvalue weighted by Crippen LogP contribution is 2.23. The van der Waals surface area contributed by atoms with Gasteiger partial charge in [-0.3, -0.25) is 19.7 Å². The lowest BCUT2D eigenvalue weighted by atomic mass is 10.0. The molecule has 0 bridgehead atoms.